The third-order valence-corrected chi connectivity index (χ3v) is 4.28. The van der Waals surface area contributed by atoms with E-state index in [1.165, 1.54) is 12.1 Å². The lowest BCUT2D eigenvalue weighted by molar-refractivity contribution is 0.328. The maximum Gasteiger partial charge on any atom is 0.177 e. The minimum atomic E-state index is -1.13. The van der Waals surface area contributed by atoms with E-state index < -0.39 is 6.17 Å². The van der Waals surface area contributed by atoms with Gasteiger partial charge in [-0.05, 0) is 42.0 Å². The lowest BCUT2D eigenvalue weighted by Gasteiger charge is -2.11. The predicted octanol–water partition coefficient (Wildman–Crippen LogP) is 3.84. The monoisotopic (exact) mass is 287 g/mol. The molecule has 2 heterocycles. The van der Waals surface area contributed by atoms with Crippen molar-refractivity contribution in [3.63, 3.8) is 0 Å². The van der Waals surface area contributed by atoms with Crippen LogP contribution in [0.5, 0.6) is 0 Å². The van der Waals surface area contributed by atoms with Gasteiger partial charge in [0.2, 0.25) is 0 Å². The van der Waals surface area contributed by atoms with Gasteiger partial charge < -0.3 is 0 Å². The van der Waals surface area contributed by atoms with Crippen LogP contribution in [-0.2, 0) is 0 Å². The van der Waals surface area contributed by atoms with E-state index in [4.69, 9.17) is 0 Å². The summed E-state index contributed by atoms with van der Waals surface area (Å²) in [6.07, 6.45) is 1.40. The second-order valence-corrected chi connectivity index (χ2v) is 5.81. The molecule has 0 radical (unpaired) electrons. The third kappa shape index (κ3) is 2.07. The number of aromatic nitrogens is 3. The fourth-order valence-electron chi connectivity index (χ4n) is 2.89. The summed E-state index contributed by atoms with van der Waals surface area (Å²) in [5, 5.41) is 4.45. The topological polar surface area (TPSA) is 30.7 Å². The van der Waals surface area contributed by atoms with Crippen LogP contribution in [0.25, 0.3) is 5.57 Å². The summed E-state index contributed by atoms with van der Waals surface area (Å²) < 4.78 is 28.9. The van der Waals surface area contributed by atoms with Crippen molar-refractivity contribution in [1.82, 2.24) is 14.8 Å². The summed E-state index contributed by atoms with van der Waals surface area (Å²) in [5.41, 5.74) is 1.76. The summed E-state index contributed by atoms with van der Waals surface area (Å²) in [6.45, 7) is 4.02. The molecular formula is C16H15F2N3. The molecule has 2 aliphatic rings. The van der Waals surface area contributed by atoms with Gasteiger partial charge in [0.25, 0.3) is 0 Å². The number of fused-ring (bicyclic) bond motifs is 1. The zero-order valence-corrected chi connectivity index (χ0v) is 11.5. The molecule has 0 spiro atoms. The molecule has 2 unspecified atom stereocenters. The lowest BCUT2D eigenvalue weighted by atomic mass is 10.0. The number of allylic oxidation sites excluding steroid dienone is 1. The minimum Gasteiger partial charge on any atom is -0.239 e. The molecule has 1 aromatic carbocycles. The van der Waals surface area contributed by atoms with Gasteiger partial charge in [-0.15, -0.1) is 0 Å². The number of rotatable bonds is 3. The van der Waals surface area contributed by atoms with Crippen molar-refractivity contribution in [2.45, 2.75) is 31.5 Å². The normalized spacial score (nSPS) is 24.1. The first kappa shape index (κ1) is 12.7. The Labute approximate surface area is 121 Å². The van der Waals surface area contributed by atoms with Gasteiger partial charge in [-0.2, -0.15) is 5.10 Å². The molecule has 1 fully saturated rings. The quantitative estimate of drug-likeness (QED) is 0.858. The Balaban J connectivity index is 1.71. The Bertz CT molecular complexity index is 701. The molecule has 21 heavy (non-hydrogen) atoms. The molecule has 1 saturated carbocycles. The van der Waals surface area contributed by atoms with E-state index >= 15 is 0 Å². The molecular weight excluding hydrogens is 272 g/mol. The van der Waals surface area contributed by atoms with Crippen LogP contribution >= 0.6 is 0 Å². The van der Waals surface area contributed by atoms with E-state index in [0.29, 0.717) is 24.0 Å². The molecule has 0 bridgehead atoms. The van der Waals surface area contributed by atoms with E-state index in [2.05, 4.69) is 16.7 Å². The molecule has 0 N–H and O–H groups in total. The van der Waals surface area contributed by atoms with Crippen LogP contribution in [0.1, 0.15) is 48.7 Å². The Kier molecular flexibility index (Phi) is 2.71. The number of hydrogen-bond acceptors (Lipinski definition) is 2. The highest BCUT2D eigenvalue weighted by Gasteiger charge is 2.37. The van der Waals surface area contributed by atoms with Gasteiger partial charge in [0, 0.05) is 6.42 Å². The molecule has 3 nitrogen and oxygen atoms in total. The highest BCUT2D eigenvalue weighted by molar-refractivity contribution is 5.61. The molecule has 1 aliphatic carbocycles. The van der Waals surface area contributed by atoms with E-state index in [1.54, 1.807) is 16.8 Å². The van der Waals surface area contributed by atoms with Crippen LogP contribution in [0.3, 0.4) is 0 Å². The average molecular weight is 287 g/mol. The number of hydrogen-bond donors (Lipinski definition) is 0. The van der Waals surface area contributed by atoms with Crippen molar-refractivity contribution in [1.29, 1.82) is 0 Å². The van der Waals surface area contributed by atoms with Crippen LogP contribution in [0.15, 0.2) is 30.8 Å². The molecule has 2 atom stereocenters. The zero-order valence-electron chi connectivity index (χ0n) is 11.5. The maximum atomic E-state index is 14.2. The van der Waals surface area contributed by atoms with Crippen molar-refractivity contribution in [3.05, 3.63) is 53.9 Å². The fraction of sp³-hybridized carbons (Fsp3) is 0.375. The molecule has 1 aromatic heterocycles. The van der Waals surface area contributed by atoms with E-state index in [0.717, 1.165) is 24.0 Å². The lowest BCUT2D eigenvalue weighted by Crippen LogP contribution is -2.08. The van der Waals surface area contributed by atoms with Crippen LogP contribution in [0.4, 0.5) is 8.78 Å². The first-order valence-corrected chi connectivity index (χ1v) is 7.18. The smallest absolute Gasteiger partial charge is 0.177 e. The van der Waals surface area contributed by atoms with Gasteiger partial charge >= 0.3 is 0 Å². The van der Waals surface area contributed by atoms with Gasteiger partial charge in [0.1, 0.15) is 5.82 Å². The predicted molar refractivity (Wildman–Crippen MR) is 74.8 cm³/mol. The molecule has 108 valence electrons. The molecule has 5 heteroatoms. The molecule has 4 rings (SSSR count). The zero-order chi connectivity index (χ0) is 14.6. The average Bonchev–Trinajstić information content (AvgIpc) is 3.16. The Morgan fingerprint density at radius 3 is 2.62 bits per heavy atom. The number of halogens is 2. The van der Waals surface area contributed by atoms with Gasteiger partial charge in [-0.25, -0.2) is 18.4 Å². The van der Waals surface area contributed by atoms with Gasteiger partial charge in [-0.1, -0.05) is 18.7 Å². The van der Waals surface area contributed by atoms with Crippen molar-refractivity contribution >= 4 is 5.57 Å². The summed E-state index contributed by atoms with van der Waals surface area (Å²) in [7, 11) is 0. The van der Waals surface area contributed by atoms with E-state index in [-0.39, 0.29) is 11.9 Å². The summed E-state index contributed by atoms with van der Waals surface area (Å²) in [4.78, 5) is 4.33. The van der Waals surface area contributed by atoms with Crippen molar-refractivity contribution < 1.29 is 8.78 Å². The maximum absolute atomic E-state index is 14.2. The van der Waals surface area contributed by atoms with Crippen LogP contribution in [0, 0.1) is 11.7 Å². The third-order valence-electron chi connectivity index (χ3n) is 4.28. The fourth-order valence-corrected chi connectivity index (χ4v) is 2.89. The second-order valence-electron chi connectivity index (χ2n) is 5.81. The Morgan fingerprint density at radius 2 is 1.95 bits per heavy atom. The van der Waals surface area contributed by atoms with E-state index in [1.807, 2.05) is 0 Å². The minimum absolute atomic E-state index is 0.219. The van der Waals surface area contributed by atoms with E-state index in [9.17, 15) is 8.78 Å². The van der Waals surface area contributed by atoms with Crippen molar-refractivity contribution in [3.8, 4) is 0 Å². The van der Waals surface area contributed by atoms with Gasteiger partial charge in [0.05, 0.1) is 6.04 Å². The second kappa shape index (κ2) is 4.48. The Morgan fingerprint density at radius 1 is 1.24 bits per heavy atom. The van der Waals surface area contributed by atoms with Crippen LogP contribution < -0.4 is 0 Å². The van der Waals surface area contributed by atoms with Crippen molar-refractivity contribution in [2.75, 3.05) is 0 Å². The summed E-state index contributed by atoms with van der Waals surface area (Å²) >= 11 is 0. The van der Waals surface area contributed by atoms with Gasteiger partial charge in [-0.3, -0.25) is 0 Å². The van der Waals surface area contributed by atoms with Crippen LogP contribution in [0.2, 0.25) is 0 Å². The van der Waals surface area contributed by atoms with Gasteiger partial charge in [0.15, 0.2) is 17.8 Å². The van der Waals surface area contributed by atoms with Crippen molar-refractivity contribution in [2.24, 2.45) is 5.92 Å². The highest BCUT2D eigenvalue weighted by atomic mass is 19.1. The summed E-state index contributed by atoms with van der Waals surface area (Å²) in [5.74, 6) is 1.08. The highest BCUT2D eigenvalue weighted by Crippen LogP contribution is 2.43. The largest absolute Gasteiger partial charge is 0.239 e. The first-order valence-electron chi connectivity index (χ1n) is 7.18. The van der Waals surface area contributed by atoms with Crippen LogP contribution in [-0.4, -0.2) is 14.8 Å². The number of nitrogens with zero attached hydrogens (tertiary/aromatic N) is 3. The number of benzene rings is 1. The molecule has 0 amide bonds. The Hall–Kier alpha value is -2.04. The molecule has 2 aromatic rings. The standard InChI is InChI=1S/C16H15F2N3/c1-9(10-2-3-10)15-19-16-13(18)8-14(21(16)20-15)11-4-6-12(17)7-5-11/h4-7,10,13-14H,1-3,8H2. The SMILES string of the molecule is C=C(c1nc2n(n1)C(c1ccc(F)cc1)CC2F)C1CC1. The number of alkyl halides is 1. The molecule has 0 saturated heterocycles. The first-order chi connectivity index (χ1) is 10.1. The molecule has 1 aliphatic heterocycles. The summed E-state index contributed by atoms with van der Waals surface area (Å²) in [6, 6.07) is 5.92.